The van der Waals surface area contributed by atoms with Gasteiger partial charge in [0.15, 0.2) is 0 Å². The lowest BCUT2D eigenvalue weighted by molar-refractivity contribution is 0.728. The molecule has 0 aromatic heterocycles. The second kappa shape index (κ2) is 3.46. The van der Waals surface area contributed by atoms with E-state index in [1.54, 1.807) is 0 Å². The van der Waals surface area contributed by atoms with Gasteiger partial charge in [0.2, 0.25) is 0 Å². The van der Waals surface area contributed by atoms with E-state index in [1.165, 1.54) is 13.0 Å². The van der Waals surface area contributed by atoms with Crippen molar-refractivity contribution in [1.29, 1.82) is 0 Å². The molecule has 50 valence electrons. The summed E-state index contributed by atoms with van der Waals surface area (Å²) >= 11 is 0. The summed E-state index contributed by atoms with van der Waals surface area (Å²) in [5, 5.41) is 3.30. The molecule has 0 spiro atoms. The standard InChI is InChI=1S/C8H13N/c1-2-3-4-8-5-6-9-7-8/h2-4,8-9H,1,5-7H2. The van der Waals surface area contributed by atoms with Crippen molar-refractivity contribution in [3.05, 3.63) is 24.8 Å². The summed E-state index contributed by atoms with van der Waals surface area (Å²) in [7, 11) is 0. The molecule has 1 nitrogen and oxygen atoms in total. The highest BCUT2D eigenvalue weighted by atomic mass is 14.9. The molecule has 0 aromatic rings. The van der Waals surface area contributed by atoms with Crippen LogP contribution in [0.1, 0.15) is 6.42 Å². The Morgan fingerprint density at radius 3 is 3.00 bits per heavy atom. The van der Waals surface area contributed by atoms with Crippen LogP contribution in [0.2, 0.25) is 0 Å². The Morgan fingerprint density at radius 1 is 1.56 bits per heavy atom. The van der Waals surface area contributed by atoms with Crippen molar-refractivity contribution in [2.45, 2.75) is 6.42 Å². The Bertz CT molecular complexity index is 110. The minimum absolute atomic E-state index is 0.753. The van der Waals surface area contributed by atoms with Crippen molar-refractivity contribution in [1.82, 2.24) is 5.32 Å². The monoisotopic (exact) mass is 123 g/mol. The van der Waals surface area contributed by atoms with E-state index in [-0.39, 0.29) is 0 Å². The fourth-order valence-corrected chi connectivity index (χ4v) is 1.08. The normalized spacial score (nSPS) is 27.3. The van der Waals surface area contributed by atoms with Gasteiger partial charge in [-0.05, 0) is 18.9 Å². The molecule has 1 fully saturated rings. The molecular weight excluding hydrogens is 110 g/mol. The summed E-state index contributed by atoms with van der Waals surface area (Å²) in [6.07, 6.45) is 7.35. The van der Waals surface area contributed by atoms with Gasteiger partial charge in [0.1, 0.15) is 0 Å². The average molecular weight is 123 g/mol. The van der Waals surface area contributed by atoms with Gasteiger partial charge in [-0.1, -0.05) is 24.8 Å². The van der Waals surface area contributed by atoms with Crippen molar-refractivity contribution in [2.24, 2.45) is 5.92 Å². The van der Waals surface area contributed by atoms with Crippen LogP contribution < -0.4 is 5.32 Å². The molecule has 1 aliphatic heterocycles. The summed E-state index contributed by atoms with van der Waals surface area (Å²) in [5.74, 6) is 0.753. The summed E-state index contributed by atoms with van der Waals surface area (Å²) in [6, 6.07) is 0. The van der Waals surface area contributed by atoms with E-state index in [4.69, 9.17) is 0 Å². The largest absolute Gasteiger partial charge is 0.316 e. The highest BCUT2D eigenvalue weighted by Gasteiger charge is 2.09. The maximum Gasteiger partial charge on any atom is 0.00148 e. The minimum atomic E-state index is 0.753. The molecule has 0 radical (unpaired) electrons. The van der Waals surface area contributed by atoms with E-state index >= 15 is 0 Å². The molecule has 0 aromatic carbocycles. The summed E-state index contributed by atoms with van der Waals surface area (Å²) in [4.78, 5) is 0. The maximum atomic E-state index is 3.61. The zero-order valence-corrected chi connectivity index (χ0v) is 5.64. The van der Waals surface area contributed by atoms with E-state index in [0.717, 1.165) is 12.5 Å². The van der Waals surface area contributed by atoms with E-state index in [0.29, 0.717) is 0 Å². The van der Waals surface area contributed by atoms with Crippen molar-refractivity contribution in [3.8, 4) is 0 Å². The molecule has 1 heterocycles. The Balaban J connectivity index is 2.25. The third-order valence-corrected chi connectivity index (χ3v) is 1.62. The van der Waals surface area contributed by atoms with Crippen LogP contribution in [0.15, 0.2) is 24.8 Å². The Labute approximate surface area is 56.5 Å². The topological polar surface area (TPSA) is 12.0 Å². The molecule has 9 heavy (non-hydrogen) atoms. The minimum Gasteiger partial charge on any atom is -0.316 e. The molecule has 0 bridgehead atoms. The summed E-state index contributed by atoms with van der Waals surface area (Å²) < 4.78 is 0. The van der Waals surface area contributed by atoms with Gasteiger partial charge in [-0.15, -0.1) is 0 Å². The molecule has 0 saturated carbocycles. The van der Waals surface area contributed by atoms with Crippen LogP contribution in [0, 0.1) is 5.92 Å². The average Bonchev–Trinajstić information content (AvgIpc) is 2.34. The van der Waals surface area contributed by atoms with E-state index in [2.05, 4.69) is 18.0 Å². The first-order valence-corrected chi connectivity index (χ1v) is 3.43. The summed E-state index contributed by atoms with van der Waals surface area (Å²) in [5.41, 5.74) is 0. The Hall–Kier alpha value is -0.560. The van der Waals surface area contributed by atoms with Gasteiger partial charge in [0.25, 0.3) is 0 Å². The van der Waals surface area contributed by atoms with Crippen LogP contribution in [-0.2, 0) is 0 Å². The molecule has 1 heteroatoms. The molecular formula is C8H13N. The second-order valence-electron chi connectivity index (χ2n) is 2.37. The number of hydrogen-bond donors (Lipinski definition) is 1. The lowest BCUT2D eigenvalue weighted by atomic mass is 10.1. The number of hydrogen-bond acceptors (Lipinski definition) is 1. The first kappa shape index (κ1) is 6.56. The predicted octanol–water partition coefficient (Wildman–Crippen LogP) is 1.34. The van der Waals surface area contributed by atoms with Gasteiger partial charge in [-0.2, -0.15) is 0 Å². The molecule has 1 atom stereocenters. The first-order valence-electron chi connectivity index (χ1n) is 3.43. The van der Waals surface area contributed by atoms with E-state index < -0.39 is 0 Å². The molecule has 0 aliphatic carbocycles. The predicted molar refractivity (Wildman–Crippen MR) is 40.3 cm³/mol. The SMILES string of the molecule is C=CC=CC1CCNC1. The molecule has 1 N–H and O–H groups in total. The smallest absolute Gasteiger partial charge is 0.00148 e. The zero-order valence-electron chi connectivity index (χ0n) is 5.64. The van der Waals surface area contributed by atoms with Gasteiger partial charge in [-0.25, -0.2) is 0 Å². The lowest BCUT2D eigenvalue weighted by Crippen LogP contribution is -2.07. The van der Waals surface area contributed by atoms with Gasteiger partial charge >= 0.3 is 0 Å². The van der Waals surface area contributed by atoms with Crippen molar-refractivity contribution in [3.63, 3.8) is 0 Å². The number of rotatable bonds is 2. The number of nitrogens with one attached hydrogen (secondary N) is 1. The third-order valence-electron chi connectivity index (χ3n) is 1.62. The fraction of sp³-hybridized carbons (Fsp3) is 0.500. The van der Waals surface area contributed by atoms with Crippen LogP contribution in [0.5, 0.6) is 0 Å². The quantitative estimate of drug-likeness (QED) is 0.546. The molecule has 1 aliphatic rings. The van der Waals surface area contributed by atoms with E-state index in [1.807, 2.05) is 12.2 Å². The Kier molecular flexibility index (Phi) is 2.52. The second-order valence-corrected chi connectivity index (χ2v) is 2.37. The van der Waals surface area contributed by atoms with Crippen LogP contribution >= 0.6 is 0 Å². The maximum absolute atomic E-state index is 3.61. The van der Waals surface area contributed by atoms with Gasteiger partial charge < -0.3 is 5.32 Å². The van der Waals surface area contributed by atoms with Crippen LogP contribution in [-0.4, -0.2) is 13.1 Å². The molecule has 0 amide bonds. The van der Waals surface area contributed by atoms with E-state index in [9.17, 15) is 0 Å². The van der Waals surface area contributed by atoms with Crippen molar-refractivity contribution >= 4 is 0 Å². The highest BCUT2D eigenvalue weighted by Crippen LogP contribution is 2.07. The van der Waals surface area contributed by atoms with Crippen LogP contribution in [0.25, 0.3) is 0 Å². The van der Waals surface area contributed by atoms with Crippen molar-refractivity contribution < 1.29 is 0 Å². The van der Waals surface area contributed by atoms with Crippen molar-refractivity contribution in [2.75, 3.05) is 13.1 Å². The lowest BCUT2D eigenvalue weighted by Gasteiger charge is -1.95. The van der Waals surface area contributed by atoms with Gasteiger partial charge in [0, 0.05) is 6.54 Å². The third kappa shape index (κ3) is 2.02. The van der Waals surface area contributed by atoms with Crippen LogP contribution in [0.4, 0.5) is 0 Å². The highest BCUT2D eigenvalue weighted by molar-refractivity contribution is 5.01. The molecule has 1 unspecified atom stereocenters. The first-order chi connectivity index (χ1) is 4.43. The number of allylic oxidation sites excluding steroid dienone is 2. The summed E-state index contributed by atoms with van der Waals surface area (Å²) in [6.45, 7) is 5.93. The Morgan fingerprint density at radius 2 is 2.44 bits per heavy atom. The van der Waals surface area contributed by atoms with Crippen LogP contribution in [0.3, 0.4) is 0 Å². The van der Waals surface area contributed by atoms with Gasteiger partial charge in [0.05, 0.1) is 0 Å². The fourth-order valence-electron chi connectivity index (χ4n) is 1.08. The zero-order chi connectivity index (χ0) is 6.53. The van der Waals surface area contributed by atoms with Gasteiger partial charge in [-0.3, -0.25) is 0 Å². The molecule has 1 rings (SSSR count). The molecule has 1 saturated heterocycles.